The highest BCUT2D eigenvalue weighted by atomic mass is 15.1. The molecular weight excluding hydrogens is 252 g/mol. The number of nitrogens with zero attached hydrogens (tertiary/aromatic N) is 4. The number of anilines is 2. The van der Waals surface area contributed by atoms with Gasteiger partial charge in [0.05, 0.1) is 12.4 Å². The Morgan fingerprint density at radius 1 is 0.900 bits per heavy atom. The minimum absolute atomic E-state index is 0.823. The quantitative estimate of drug-likeness (QED) is 0.672. The van der Waals surface area contributed by atoms with E-state index in [1.165, 1.54) is 0 Å². The summed E-state index contributed by atoms with van der Waals surface area (Å²) in [7, 11) is 4.21. The summed E-state index contributed by atoms with van der Waals surface area (Å²) >= 11 is 0. The van der Waals surface area contributed by atoms with Crippen LogP contribution in [0, 0.1) is 0 Å². The lowest BCUT2D eigenvalue weighted by atomic mass is 10.5. The maximum atomic E-state index is 4.50. The summed E-state index contributed by atoms with van der Waals surface area (Å²) in [5, 5.41) is 6.59. The van der Waals surface area contributed by atoms with Gasteiger partial charge < -0.3 is 20.4 Å². The molecule has 6 nitrogen and oxygen atoms in total. The van der Waals surface area contributed by atoms with Gasteiger partial charge in [0.25, 0.3) is 0 Å². The highest BCUT2D eigenvalue weighted by Crippen LogP contribution is 2.05. The maximum Gasteiger partial charge on any atom is 0.147 e. The van der Waals surface area contributed by atoms with Gasteiger partial charge in [0.15, 0.2) is 0 Å². The molecule has 20 heavy (non-hydrogen) atoms. The predicted octanol–water partition coefficient (Wildman–Crippen LogP) is 1.20. The Morgan fingerprint density at radius 3 is 1.75 bits per heavy atom. The number of hydrogen-bond donors (Lipinski definition) is 2. The van der Waals surface area contributed by atoms with Crippen molar-refractivity contribution in [2.45, 2.75) is 13.8 Å². The van der Waals surface area contributed by atoms with Crippen molar-refractivity contribution < 1.29 is 0 Å². The summed E-state index contributed by atoms with van der Waals surface area (Å²) in [5.41, 5.74) is 0. The first kappa shape index (κ1) is 16.7. The Labute approximate surface area is 122 Å². The molecule has 0 aliphatic heterocycles. The second-order valence-corrected chi connectivity index (χ2v) is 4.93. The van der Waals surface area contributed by atoms with Gasteiger partial charge in [-0.3, -0.25) is 4.98 Å². The van der Waals surface area contributed by atoms with Gasteiger partial charge in [-0.15, -0.1) is 0 Å². The number of nitrogens with one attached hydrogen (secondary N) is 2. The molecular formula is C14H28N6. The number of aromatic nitrogens is 2. The first-order chi connectivity index (χ1) is 9.65. The van der Waals surface area contributed by atoms with Crippen LogP contribution in [0.5, 0.6) is 0 Å². The molecule has 0 bridgehead atoms. The molecule has 0 atom stereocenters. The molecule has 0 radical (unpaired) electrons. The van der Waals surface area contributed by atoms with E-state index in [2.05, 4.69) is 58.3 Å². The SMILES string of the molecule is CCN(C)CCNc1cncc(NCCN(C)CC)n1. The second kappa shape index (κ2) is 9.50. The first-order valence-electron chi connectivity index (χ1n) is 7.32. The number of rotatable bonds is 10. The first-order valence-corrected chi connectivity index (χ1v) is 7.32. The topological polar surface area (TPSA) is 56.3 Å². The van der Waals surface area contributed by atoms with E-state index >= 15 is 0 Å². The van der Waals surface area contributed by atoms with E-state index in [-0.39, 0.29) is 0 Å². The lowest BCUT2D eigenvalue weighted by Crippen LogP contribution is -2.25. The smallest absolute Gasteiger partial charge is 0.147 e. The average molecular weight is 280 g/mol. The van der Waals surface area contributed by atoms with E-state index in [1.807, 2.05) is 0 Å². The van der Waals surface area contributed by atoms with E-state index in [0.717, 1.165) is 50.9 Å². The minimum Gasteiger partial charge on any atom is -0.367 e. The molecule has 1 aromatic heterocycles. The van der Waals surface area contributed by atoms with Gasteiger partial charge in [-0.2, -0.15) is 0 Å². The van der Waals surface area contributed by atoms with Gasteiger partial charge in [-0.05, 0) is 27.2 Å². The highest BCUT2D eigenvalue weighted by molar-refractivity contribution is 5.41. The monoisotopic (exact) mass is 280 g/mol. The molecule has 0 aliphatic carbocycles. The van der Waals surface area contributed by atoms with E-state index in [0.29, 0.717) is 0 Å². The summed E-state index contributed by atoms with van der Waals surface area (Å²) < 4.78 is 0. The van der Waals surface area contributed by atoms with Crippen molar-refractivity contribution in [2.75, 3.05) is 64.0 Å². The van der Waals surface area contributed by atoms with Gasteiger partial charge >= 0.3 is 0 Å². The van der Waals surface area contributed by atoms with Crippen LogP contribution in [0.3, 0.4) is 0 Å². The molecule has 0 aliphatic rings. The number of hydrogen-bond acceptors (Lipinski definition) is 6. The molecule has 6 heteroatoms. The number of likely N-dealkylation sites (N-methyl/N-ethyl adjacent to an activating group) is 2. The fraction of sp³-hybridized carbons (Fsp3) is 0.714. The molecule has 0 saturated heterocycles. The van der Waals surface area contributed by atoms with E-state index in [1.54, 1.807) is 12.4 Å². The molecule has 2 N–H and O–H groups in total. The Bertz CT molecular complexity index is 339. The van der Waals surface area contributed by atoms with Crippen LogP contribution in [0.4, 0.5) is 11.6 Å². The van der Waals surface area contributed by atoms with Crippen molar-refractivity contribution in [3.05, 3.63) is 12.4 Å². The third-order valence-corrected chi connectivity index (χ3v) is 3.31. The second-order valence-electron chi connectivity index (χ2n) is 4.93. The molecule has 0 saturated carbocycles. The van der Waals surface area contributed by atoms with Crippen LogP contribution >= 0.6 is 0 Å². The van der Waals surface area contributed by atoms with Crippen molar-refractivity contribution in [1.82, 2.24) is 19.8 Å². The summed E-state index contributed by atoms with van der Waals surface area (Å²) in [6.45, 7) is 10.2. The van der Waals surface area contributed by atoms with Crippen molar-refractivity contribution in [1.29, 1.82) is 0 Å². The molecule has 114 valence electrons. The minimum atomic E-state index is 0.823. The van der Waals surface area contributed by atoms with Gasteiger partial charge in [-0.1, -0.05) is 13.8 Å². The Hall–Kier alpha value is -1.40. The Kier molecular flexibility index (Phi) is 7.91. The molecule has 0 unspecified atom stereocenters. The van der Waals surface area contributed by atoms with Crippen molar-refractivity contribution in [3.63, 3.8) is 0 Å². The summed E-state index contributed by atoms with van der Waals surface area (Å²) in [5.74, 6) is 1.65. The molecule has 0 fully saturated rings. The van der Waals surface area contributed by atoms with Crippen molar-refractivity contribution in [3.8, 4) is 0 Å². The van der Waals surface area contributed by atoms with E-state index in [4.69, 9.17) is 0 Å². The van der Waals surface area contributed by atoms with Crippen LogP contribution in [-0.4, -0.2) is 73.1 Å². The summed E-state index contributed by atoms with van der Waals surface area (Å²) in [6.07, 6.45) is 3.52. The van der Waals surface area contributed by atoms with Crippen LogP contribution in [0.25, 0.3) is 0 Å². The fourth-order valence-electron chi connectivity index (χ4n) is 1.60. The van der Waals surface area contributed by atoms with Gasteiger partial charge in [0.1, 0.15) is 11.6 Å². The highest BCUT2D eigenvalue weighted by Gasteiger charge is 2.00. The zero-order valence-corrected chi connectivity index (χ0v) is 13.2. The molecule has 1 rings (SSSR count). The maximum absolute atomic E-state index is 4.50. The van der Waals surface area contributed by atoms with Crippen molar-refractivity contribution in [2.24, 2.45) is 0 Å². The lowest BCUT2D eigenvalue weighted by Gasteiger charge is -2.15. The Morgan fingerprint density at radius 2 is 1.35 bits per heavy atom. The summed E-state index contributed by atoms with van der Waals surface area (Å²) in [6, 6.07) is 0. The van der Waals surface area contributed by atoms with Crippen LogP contribution < -0.4 is 10.6 Å². The zero-order chi connectivity index (χ0) is 14.8. The molecule has 0 aromatic carbocycles. The van der Waals surface area contributed by atoms with Crippen molar-refractivity contribution >= 4 is 11.6 Å². The third-order valence-electron chi connectivity index (χ3n) is 3.31. The molecule has 1 aromatic rings. The van der Waals surface area contributed by atoms with Crippen LogP contribution in [0.2, 0.25) is 0 Å². The van der Waals surface area contributed by atoms with E-state index in [9.17, 15) is 0 Å². The zero-order valence-electron chi connectivity index (χ0n) is 13.2. The molecule has 1 heterocycles. The van der Waals surface area contributed by atoms with Gasteiger partial charge in [-0.25, -0.2) is 4.98 Å². The van der Waals surface area contributed by atoms with Crippen LogP contribution in [-0.2, 0) is 0 Å². The molecule has 0 spiro atoms. The van der Waals surface area contributed by atoms with Gasteiger partial charge in [0, 0.05) is 26.2 Å². The Balaban J connectivity index is 2.33. The van der Waals surface area contributed by atoms with Gasteiger partial charge in [0.2, 0.25) is 0 Å². The normalized spacial score (nSPS) is 11.1. The molecule has 0 amide bonds. The average Bonchev–Trinajstić information content (AvgIpc) is 2.47. The summed E-state index contributed by atoms with van der Waals surface area (Å²) in [4.78, 5) is 13.2. The van der Waals surface area contributed by atoms with E-state index < -0.39 is 0 Å². The predicted molar refractivity (Wildman–Crippen MR) is 85.4 cm³/mol. The fourth-order valence-corrected chi connectivity index (χ4v) is 1.60. The van der Waals surface area contributed by atoms with Crippen LogP contribution in [0.1, 0.15) is 13.8 Å². The lowest BCUT2D eigenvalue weighted by molar-refractivity contribution is 0.366. The third kappa shape index (κ3) is 6.68. The standard InChI is InChI=1S/C14H28N6/c1-5-19(3)9-7-16-13-11-15-12-14(18-13)17-8-10-20(4)6-2/h11-12H,5-10H2,1-4H3,(H2,16,17,18). The van der Waals surface area contributed by atoms with Crippen LogP contribution in [0.15, 0.2) is 12.4 Å². The largest absolute Gasteiger partial charge is 0.367 e.